The van der Waals surface area contributed by atoms with Crippen LogP contribution in [-0.2, 0) is 0 Å². The average Bonchev–Trinajstić information content (AvgIpc) is 2.48. The zero-order valence-corrected chi connectivity index (χ0v) is 13.5. The maximum Gasteiger partial charge on any atom is 0.185 e. The number of nitrogens with zero attached hydrogens (tertiary/aromatic N) is 1. The molecule has 0 aromatic heterocycles. The summed E-state index contributed by atoms with van der Waals surface area (Å²) >= 11 is 9.37. The Morgan fingerprint density at radius 1 is 1.29 bits per heavy atom. The zero-order valence-electron chi connectivity index (χ0n) is 11.1. The number of hydrogen-bond donors (Lipinski definition) is 0. The molecule has 0 aliphatic rings. The van der Waals surface area contributed by atoms with Gasteiger partial charge in [-0.3, -0.25) is 4.79 Å². The van der Waals surface area contributed by atoms with Gasteiger partial charge in [0, 0.05) is 10.0 Å². The summed E-state index contributed by atoms with van der Waals surface area (Å²) in [6.07, 6.45) is 0. The molecule has 0 heterocycles. The molecule has 0 aliphatic carbocycles. The summed E-state index contributed by atoms with van der Waals surface area (Å²) in [6.45, 7) is 0. The molecule has 2 aromatic rings. The van der Waals surface area contributed by atoms with Crippen molar-refractivity contribution in [1.29, 1.82) is 5.26 Å². The summed E-state index contributed by atoms with van der Waals surface area (Å²) < 4.78 is 5.85. The Bertz CT molecular complexity index is 707. The van der Waals surface area contributed by atoms with Gasteiger partial charge in [-0.05, 0) is 35.9 Å². The Morgan fingerprint density at radius 3 is 2.48 bits per heavy atom. The number of carbonyl (C=O) groups is 1. The fourth-order valence-electron chi connectivity index (χ4n) is 1.93. The van der Waals surface area contributed by atoms with Crippen molar-refractivity contribution >= 4 is 33.3 Å². The molecule has 2 aromatic carbocycles. The summed E-state index contributed by atoms with van der Waals surface area (Å²) in [4.78, 5) is 12.5. The van der Waals surface area contributed by atoms with Crippen LogP contribution in [0.1, 0.15) is 21.8 Å². The number of ether oxygens (including phenoxy) is 1. The first-order chi connectivity index (χ1) is 10.1. The molecule has 0 radical (unpaired) electrons. The number of Topliss-reactive ketones (excluding diaryl/α,β-unsaturated/α-hetero) is 1. The lowest BCUT2D eigenvalue weighted by molar-refractivity contribution is 0.0979. The Balaban J connectivity index is 2.36. The smallest absolute Gasteiger partial charge is 0.185 e. The van der Waals surface area contributed by atoms with Gasteiger partial charge in [0.15, 0.2) is 5.78 Å². The van der Waals surface area contributed by atoms with Crippen molar-refractivity contribution in [3.63, 3.8) is 0 Å². The van der Waals surface area contributed by atoms with E-state index in [9.17, 15) is 10.1 Å². The normalized spacial score (nSPS) is 11.5. The minimum Gasteiger partial charge on any atom is -0.497 e. The highest BCUT2D eigenvalue weighted by Crippen LogP contribution is 2.28. The van der Waals surface area contributed by atoms with Crippen LogP contribution in [0.25, 0.3) is 0 Å². The molecule has 0 N–H and O–H groups in total. The molecular weight excluding hydrogens is 354 g/mol. The van der Waals surface area contributed by atoms with Crippen molar-refractivity contribution in [1.82, 2.24) is 0 Å². The molecule has 0 fully saturated rings. The summed E-state index contributed by atoms with van der Waals surface area (Å²) in [5.41, 5.74) is 0.949. The van der Waals surface area contributed by atoms with Crippen LogP contribution in [0.4, 0.5) is 0 Å². The van der Waals surface area contributed by atoms with E-state index in [1.54, 1.807) is 49.6 Å². The van der Waals surface area contributed by atoms with Gasteiger partial charge in [0.05, 0.1) is 18.2 Å². The highest BCUT2D eigenvalue weighted by atomic mass is 79.9. The van der Waals surface area contributed by atoms with Crippen molar-refractivity contribution in [3.05, 3.63) is 63.1 Å². The van der Waals surface area contributed by atoms with E-state index in [-0.39, 0.29) is 5.78 Å². The Kier molecular flexibility index (Phi) is 5.00. The van der Waals surface area contributed by atoms with E-state index in [1.165, 1.54) is 0 Å². The number of benzene rings is 2. The van der Waals surface area contributed by atoms with Crippen LogP contribution >= 0.6 is 27.5 Å². The fourth-order valence-corrected chi connectivity index (χ4v) is 2.69. The van der Waals surface area contributed by atoms with Gasteiger partial charge in [0.2, 0.25) is 0 Å². The molecule has 1 unspecified atom stereocenters. The summed E-state index contributed by atoms with van der Waals surface area (Å²) in [5, 5.41) is 9.65. The third-order valence-electron chi connectivity index (χ3n) is 3.04. The van der Waals surface area contributed by atoms with Crippen molar-refractivity contribution in [2.24, 2.45) is 0 Å². The van der Waals surface area contributed by atoms with Gasteiger partial charge in [-0.15, -0.1) is 0 Å². The second kappa shape index (κ2) is 6.75. The Labute approximate surface area is 136 Å². The second-order valence-corrected chi connectivity index (χ2v) is 5.65. The average molecular weight is 365 g/mol. The number of methoxy groups -OCH3 is 1. The van der Waals surface area contributed by atoms with Crippen LogP contribution in [0.2, 0.25) is 5.02 Å². The molecule has 0 bridgehead atoms. The number of nitriles is 1. The maximum absolute atomic E-state index is 12.5. The summed E-state index contributed by atoms with van der Waals surface area (Å²) in [6, 6.07) is 13.9. The third kappa shape index (κ3) is 3.44. The number of ketones is 1. The number of halogens is 2. The maximum atomic E-state index is 12.5. The molecule has 0 saturated heterocycles. The minimum absolute atomic E-state index is 0.319. The zero-order chi connectivity index (χ0) is 15.4. The number of rotatable bonds is 4. The van der Waals surface area contributed by atoms with Gasteiger partial charge in [-0.1, -0.05) is 39.7 Å². The number of hydrogen-bond acceptors (Lipinski definition) is 3. The largest absolute Gasteiger partial charge is 0.497 e. The van der Waals surface area contributed by atoms with E-state index >= 15 is 0 Å². The first-order valence-corrected chi connectivity index (χ1v) is 7.26. The van der Waals surface area contributed by atoms with Gasteiger partial charge in [0.25, 0.3) is 0 Å². The first kappa shape index (κ1) is 15.6. The number of carbonyl (C=O) groups excluding carboxylic acids is 1. The molecule has 21 heavy (non-hydrogen) atoms. The molecule has 5 heteroatoms. The highest BCUT2D eigenvalue weighted by molar-refractivity contribution is 9.10. The fraction of sp³-hybridized carbons (Fsp3) is 0.125. The van der Waals surface area contributed by atoms with E-state index in [2.05, 4.69) is 15.9 Å². The van der Waals surface area contributed by atoms with Crippen LogP contribution in [0.3, 0.4) is 0 Å². The third-order valence-corrected chi connectivity index (χ3v) is 3.84. The highest BCUT2D eigenvalue weighted by Gasteiger charge is 2.23. The lowest BCUT2D eigenvalue weighted by Crippen LogP contribution is -2.11. The quantitative estimate of drug-likeness (QED) is 0.745. The molecule has 2 rings (SSSR count). The van der Waals surface area contributed by atoms with Crippen LogP contribution < -0.4 is 4.74 Å². The van der Waals surface area contributed by atoms with Crippen LogP contribution in [0.5, 0.6) is 5.75 Å². The molecule has 0 spiro atoms. The summed E-state index contributed by atoms with van der Waals surface area (Å²) in [5.74, 6) is -0.542. The van der Waals surface area contributed by atoms with Crippen molar-refractivity contribution in [2.45, 2.75) is 5.92 Å². The molecule has 106 valence electrons. The van der Waals surface area contributed by atoms with Crippen molar-refractivity contribution < 1.29 is 9.53 Å². The molecular formula is C16H11BrClNO2. The van der Waals surface area contributed by atoms with Gasteiger partial charge in [-0.2, -0.15) is 5.26 Å². The van der Waals surface area contributed by atoms with Crippen LogP contribution in [0.15, 0.2) is 46.9 Å². The lowest BCUT2D eigenvalue weighted by Gasteiger charge is -2.11. The molecule has 3 nitrogen and oxygen atoms in total. The van der Waals surface area contributed by atoms with Gasteiger partial charge in [-0.25, -0.2) is 0 Å². The standard InChI is InChI=1S/C16H11BrClNO2/c1-21-12-5-2-10(3-6-12)14(9-19)16(20)13-7-4-11(17)8-15(13)18/h2-8,14H,1H3. The van der Waals surface area contributed by atoms with Crippen LogP contribution in [-0.4, -0.2) is 12.9 Å². The van der Waals surface area contributed by atoms with Crippen molar-refractivity contribution in [3.8, 4) is 11.8 Å². The van der Waals surface area contributed by atoms with Gasteiger partial charge >= 0.3 is 0 Å². The van der Waals surface area contributed by atoms with Crippen molar-refractivity contribution in [2.75, 3.05) is 7.11 Å². The molecule has 1 atom stereocenters. The van der Waals surface area contributed by atoms with E-state index in [0.717, 1.165) is 4.47 Å². The molecule has 0 amide bonds. The lowest BCUT2D eigenvalue weighted by atomic mass is 9.92. The summed E-state index contributed by atoms with van der Waals surface area (Å²) in [7, 11) is 1.56. The monoisotopic (exact) mass is 363 g/mol. The predicted molar refractivity (Wildman–Crippen MR) is 84.8 cm³/mol. The second-order valence-electron chi connectivity index (χ2n) is 4.32. The van der Waals surface area contributed by atoms with E-state index in [4.69, 9.17) is 16.3 Å². The van der Waals surface area contributed by atoms with E-state index in [1.807, 2.05) is 6.07 Å². The Morgan fingerprint density at radius 2 is 1.95 bits per heavy atom. The molecule has 0 aliphatic heterocycles. The van der Waals surface area contributed by atoms with E-state index in [0.29, 0.717) is 21.9 Å². The predicted octanol–water partition coefficient (Wildman–Crippen LogP) is 4.60. The Hall–Kier alpha value is -1.83. The first-order valence-electron chi connectivity index (χ1n) is 6.09. The van der Waals surface area contributed by atoms with Gasteiger partial charge in [0.1, 0.15) is 11.7 Å². The van der Waals surface area contributed by atoms with E-state index < -0.39 is 5.92 Å². The topological polar surface area (TPSA) is 50.1 Å². The minimum atomic E-state index is -0.894. The van der Waals surface area contributed by atoms with Crippen LogP contribution in [0, 0.1) is 11.3 Å². The SMILES string of the molecule is COc1ccc(C(C#N)C(=O)c2ccc(Br)cc2Cl)cc1. The van der Waals surface area contributed by atoms with Gasteiger partial charge < -0.3 is 4.74 Å². The molecule has 0 saturated carbocycles.